The summed E-state index contributed by atoms with van der Waals surface area (Å²) in [5.41, 5.74) is 5.92. The average molecular weight is 203 g/mol. The van der Waals surface area contributed by atoms with Crippen LogP contribution in [0.15, 0.2) is 24.3 Å². The lowest BCUT2D eigenvalue weighted by Crippen LogP contribution is -2.18. The van der Waals surface area contributed by atoms with Crippen LogP contribution in [-0.4, -0.2) is 18.3 Å². The van der Waals surface area contributed by atoms with Gasteiger partial charge >= 0.3 is 6.61 Å². The fraction of sp³-hybridized carbons (Fsp3) is 0.333. The molecule has 5 heteroatoms. The van der Waals surface area contributed by atoms with Crippen molar-refractivity contribution in [3.63, 3.8) is 0 Å². The molecule has 78 valence electrons. The summed E-state index contributed by atoms with van der Waals surface area (Å²) in [6.45, 7) is -3.16. The Morgan fingerprint density at radius 2 is 2.00 bits per heavy atom. The highest BCUT2D eigenvalue weighted by atomic mass is 19.3. The fourth-order valence-corrected chi connectivity index (χ4v) is 1.07. The van der Waals surface area contributed by atoms with Crippen LogP contribution in [0.2, 0.25) is 0 Å². The average Bonchev–Trinajstić information content (AvgIpc) is 2.15. The Kier molecular flexibility index (Phi) is 3.79. The topological polar surface area (TPSA) is 55.5 Å². The minimum absolute atomic E-state index is 0.0159. The van der Waals surface area contributed by atoms with Gasteiger partial charge < -0.3 is 15.6 Å². The molecule has 0 saturated carbocycles. The molecular formula is C9H11F2NO2. The minimum atomic E-state index is -2.84. The van der Waals surface area contributed by atoms with Crippen LogP contribution in [0.1, 0.15) is 11.6 Å². The number of phenolic OH excluding ortho intramolecular Hbond substituents is 1. The molecule has 0 saturated heterocycles. The Morgan fingerprint density at radius 3 is 2.57 bits per heavy atom. The molecule has 0 aromatic heterocycles. The number of alkyl halides is 2. The smallest absolute Gasteiger partial charge is 0.345 e. The molecule has 0 amide bonds. The maximum absolute atomic E-state index is 11.7. The van der Waals surface area contributed by atoms with E-state index in [1.807, 2.05) is 0 Å². The van der Waals surface area contributed by atoms with E-state index in [1.54, 1.807) is 18.2 Å². The van der Waals surface area contributed by atoms with E-state index in [0.29, 0.717) is 5.56 Å². The van der Waals surface area contributed by atoms with Gasteiger partial charge in [-0.25, -0.2) is 0 Å². The van der Waals surface area contributed by atoms with Crippen molar-refractivity contribution in [3.05, 3.63) is 29.8 Å². The molecule has 1 aromatic carbocycles. The Labute approximate surface area is 80.1 Å². The first-order valence-corrected chi connectivity index (χ1v) is 4.04. The second kappa shape index (κ2) is 4.88. The second-order valence-corrected chi connectivity index (χ2v) is 2.76. The summed E-state index contributed by atoms with van der Waals surface area (Å²) in [5, 5.41) is 9.32. The molecule has 1 aromatic rings. The standard InChI is InChI=1S/C9H11F2NO2/c10-9(11)14-5-7(12)6-3-1-2-4-8(6)13/h1-4,7,9,13H,5,12H2. The third kappa shape index (κ3) is 2.93. The number of phenols is 1. The lowest BCUT2D eigenvalue weighted by atomic mass is 10.1. The molecule has 1 unspecified atom stereocenters. The molecule has 0 fully saturated rings. The Balaban J connectivity index is 2.60. The molecule has 0 aliphatic rings. The van der Waals surface area contributed by atoms with Crippen LogP contribution < -0.4 is 5.73 Å². The van der Waals surface area contributed by atoms with Gasteiger partial charge in [0.15, 0.2) is 0 Å². The highest BCUT2D eigenvalue weighted by Crippen LogP contribution is 2.22. The fourth-order valence-electron chi connectivity index (χ4n) is 1.07. The van der Waals surface area contributed by atoms with Gasteiger partial charge in [-0.2, -0.15) is 8.78 Å². The molecule has 14 heavy (non-hydrogen) atoms. The molecule has 0 radical (unpaired) electrons. The van der Waals surface area contributed by atoms with E-state index in [0.717, 1.165) is 0 Å². The van der Waals surface area contributed by atoms with E-state index in [4.69, 9.17) is 5.73 Å². The van der Waals surface area contributed by atoms with Crippen LogP contribution in [0.5, 0.6) is 5.75 Å². The number of hydrogen-bond donors (Lipinski definition) is 2. The van der Waals surface area contributed by atoms with Crippen LogP contribution in [0.4, 0.5) is 8.78 Å². The van der Waals surface area contributed by atoms with Gasteiger partial charge in [0.25, 0.3) is 0 Å². The number of hydrogen-bond acceptors (Lipinski definition) is 3. The van der Waals surface area contributed by atoms with Crippen LogP contribution in [0.25, 0.3) is 0 Å². The quantitative estimate of drug-likeness (QED) is 0.781. The SMILES string of the molecule is NC(COC(F)F)c1ccccc1O. The van der Waals surface area contributed by atoms with E-state index < -0.39 is 12.7 Å². The maximum Gasteiger partial charge on any atom is 0.345 e. The predicted molar refractivity (Wildman–Crippen MR) is 47.0 cm³/mol. The van der Waals surface area contributed by atoms with Crippen molar-refractivity contribution in [2.75, 3.05) is 6.61 Å². The highest BCUT2D eigenvalue weighted by Gasteiger charge is 2.12. The zero-order valence-electron chi connectivity index (χ0n) is 7.36. The first-order chi connectivity index (χ1) is 6.61. The Bertz CT molecular complexity index is 294. The number of ether oxygens (including phenoxy) is 1. The van der Waals surface area contributed by atoms with Crippen molar-refractivity contribution in [2.24, 2.45) is 5.73 Å². The summed E-state index contributed by atoms with van der Waals surface area (Å²) in [6.07, 6.45) is 0. The number of halogens is 2. The molecule has 0 spiro atoms. The largest absolute Gasteiger partial charge is 0.508 e. The lowest BCUT2D eigenvalue weighted by molar-refractivity contribution is -0.132. The summed E-state index contributed by atoms with van der Waals surface area (Å²) < 4.78 is 27.4. The summed E-state index contributed by atoms with van der Waals surface area (Å²) in [7, 11) is 0. The Morgan fingerprint density at radius 1 is 1.36 bits per heavy atom. The van der Waals surface area contributed by atoms with Crippen LogP contribution in [0, 0.1) is 0 Å². The predicted octanol–water partition coefficient (Wildman–Crippen LogP) is 1.63. The zero-order chi connectivity index (χ0) is 10.6. The third-order valence-corrected chi connectivity index (χ3v) is 1.74. The first kappa shape index (κ1) is 10.9. The van der Waals surface area contributed by atoms with Crippen LogP contribution >= 0.6 is 0 Å². The van der Waals surface area contributed by atoms with Gasteiger partial charge in [0.2, 0.25) is 0 Å². The summed E-state index contributed by atoms with van der Waals surface area (Å²) in [4.78, 5) is 0. The van der Waals surface area contributed by atoms with Gasteiger partial charge in [0, 0.05) is 5.56 Å². The number of para-hydroxylation sites is 1. The van der Waals surface area contributed by atoms with Crippen molar-refractivity contribution >= 4 is 0 Å². The van der Waals surface area contributed by atoms with Crippen molar-refractivity contribution < 1.29 is 18.6 Å². The van der Waals surface area contributed by atoms with Gasteiger partial charge in [-0.3, -0.25) is 0 Å². The summed E-state index contributed by atoms with van der Waals surface area (Å²) in [6, 6.07) is 5.55. The molecule has 0 bridgehead atoms. The number of benzene rings is 1. The monoisotopic (exact) mass is 203 g/mol. The van der Waals surface area contributed by atoms with Crippen molar-refractivity contribution in [2.45, 2.75) is 12.7 Å². The molecule has 1 atom stereocenters. The van der Waals surface area contributed by atoms with Gasteiger partial charge in [0.1, 0.15) is 5.75 Å². The van der Waals surface area contributed by atoms with Gasteiger partial charge in [-0.05, 0) is 6.07 Å². The molecule has 0 aliphatic heterocycles. The first-order valence-electron chi connectivity index (χ1n) is 4.04. The molecule has 0 heterocycles. The zero-order valence-corrected chi connectivity index (χ0v) is 7.36. The van der Waals surface area contributed by atoms with E-state index in [2.05, 4.69) is 4.74 Å². The lowest BCUT2D eigenvalue weighted by Gasteiger charge is -2.13. The van der Waals surface area contributed by atoms with E-state index in [-0.39, 0.29) is 12.4 Å². The van der Waals surface area contributed by atoms with E-state index in [9.17, 15) is 13.9 Å². The van der Waals surface area contributed by atoms with Crippen molar-refractivity contribution in [1.82, 2.24) is 0 Å². The minimum Gasteiger partial charge on any atom is -0.508 e. The third-order valence-electron chi connectivity index (χ3n) is 1.74. The number of aromatic hydroxyl groups is 1. The molecular weight excluding hydrogens is 192 g/mol. The molecule has 3 N–H and O–H groups in total. The second-order valence-electron chi connectivity index (χ2n) is 2.76. The summed E-state index contributed by atoms with van der Waals surface area (Å²) >= 11 is 0. The van der Waals surface area contributed by atoms with Crippen LogP contribution in [0.3, 0.4) is 0 Å². The summed E-state index contributed by atoms with van der Waals surface area (Å²) in [5.74, 6) is -0.0159. The van der Waals surface area contributed by atoms with Crippen molar-refractivity contribution in [1.29, 1.82) is 0 Å². The molecule has 0 aliphatic carbocycles. The van der Waals surface area contributed by atoms with Crippen LogP contribution in [-0.2, 0) is 4.74 Å². The normalized spacial score (nSPS) is 13.1. The van der Waals surface area contributed by atoms with Gasteiger partial charge in [-0.15, -0.1) is 0 Å². The number of nitrogens with two attached hydrogens (primary N) is 1. The number of rotatable bonds is 4. The maximum atomic E-state index is 11.7. The van der Waals surface area contributed by atoms with Crippen molar-refractivity contribution in [3.8, 4) is 5.75 Å². The van der Waals surface area contributed by atoms with E-state index >= 15 is 0 Å². The van der Waals surface area contributed by atoms with E-state index in [1.165, 1.54) is 6.07 Å². The van der Waals surface area contributed by atoms with Gasteiger partial charge in [0.05, 0.1) is 12.6 Å². The van der Waals surface area contributed by atoms with Gasteiger partial charge in [-0.1, -0.05) is 18.2 Å². The molecule has 1 rings (SSSR count). The highest BCUT2D eigenvalue weighted by molar-refractivity contribution is 5.34. The molecule has 3 nitrogen and oxygen atoms in total. The Hall–Kier alpha value is -1.20.